The first-order valence-corrected chi connectivity index (χ1v) is 12.5. The smallest absolute Gasteiger partial charge is 0.221 e. The van der Waals surface area contributed by atoms with E-state index in [1.165, 1.54) is 6.92 Å². The SMILES string of the molecule is COc1ccc(N2C(=S)N[C@@H](c3ccccn3)[C@H]2c2ccc(Sc3ccccc3)o2)cc1NC(C)=O. The molecule has 1 aliphatic heterocycles. The molecule has 4 aromatic rings. The van der Waals surface area contributed by atoms with E-state index in [4.69, 9.17) is 21.4 Å². The van der Waals surface area contributed by atoms with Gasteiger partial charge in [0.25, 0.3) is 0 Å². The van der Waals surface area contributed by atoms with E-state index in [2.05, 4.69) is 15.6 Å². The summed E-state index contributed by atoms with van der Waals surface area (Å²) in [4.78, 5) is 19.5. The van der Waals surface area contributed by atoms with Crippen molar-refractivity contribution in [1.29, 1.82) is 0 Å². The van der Waals surface area contributed by atoms with Gasteiger partial charge < -0.3 is 24.7 Å². The first kappa shape index (κ1) is 23.9. The number of carbonyl (C=O) groups excluding carboxylic acids is 1. The number of anilines is 2. The van der Waals surface area contributed by atoms with Crippen molar-refractivity contribution in [1.82, 2.24) is 10.3 Å². The predicted molar refractivity (Wildman–Crippen MR) is 145 cm³/mol. The number of hydrogen-bond donors (Lipinski definition) is 2. The molecule has 0 saturated carbocycles. The van der Waals surface area contributed by atoms with E-state index in [1.54, 1.807) is 25.1 Å². The second kappa shape index (κ2) is 10.4. The quantitative estimate of drug-likeness (QED) is 0.291. The van der Waals surface area contributed by atoms with Gasteiger partial charge in [-0.25, -0.2) is 0 Å². The summed E-state index contributed by atoms with van der Waals surface area (Å²) in [7, 11) is 1.57. The van der Waals surface area contributed by atoms with Gasteiger partial charge in [-0.05, 0) is 66.8 Å². The van der Waals surface area contributed by atoms with Crippen LogP contribution in [0, 0.1) is 0 Å². The van der Waals surface area contributed by atoms with Crippen LogP contribution in [0.25, 0.3) is 0 Å². The molecule has 1 fully saturated rings. The summed E-state index contributed by atoms with van der Waals surface area (Å²) in [6.45, 7) is 1.46. The maximum Gasteiger partial charge on any atom is 0.221 e. The topological polar surface area (TPSA) is 79.6 Å². The minimum atomic E-state index is -0.309. The molecule has 2 N–H and O–H groups in total. The highest BCUT2D eigenvalue weighted by molar-refractivity contribution is 7.99. The van der Waals surface area contributed by atoms with E-state index in [0.29, 0.717) is 16.5 Å². The van der Waals surface area contributed by atoms with Crippen LogP contribution in [0.5, 0.6) is 5.75 Å². The van der Waals surface area contributed by atoms with E-state index >= 15 is 0 Å². The zero-order valence-electron chi connectivity index (χ0n) is 19.7. The molecular formula is C27H24N4O3S2. The number of nitrogens with zero attached hydrogens (tertiary/aromatic N) is 2. The molecule has 0 aliphatic carbocycles. The molecule has 1 aliphatic rings. The fourth-order valence-electron chi connectivity index (χ4n) is 4.21. The average molecular weight is 517 g/mol. The Labute approximate surface area is 218 Å². The van der Waals surface area contributed by atoms with Gasteiger partial charge in [0.1, 0.15) is 17.6 Å². The molecule has 7 nitrogen and oxygen atoms in total. The standard InChI is InChI=1S/C27H24N4O3S2/c1-17(32)29-21-16-18(11-12-22(21)33-2)31-26(25(30-27(31)35)20-10-6-7-15-28-20)23-13-14-24(34-23)36-19-8-4-3-5-9-19/h3-16,25-26H,1-2H3,(H,29,32)(H,30,35)/t25-,26+/m0/s1. The van der Waals surface area contributed by atoms with Crippen molar-refractivity contribution in [3.05, 3.63) is 96.5 Å². The average Bonchev–Trinajstić information content (AvgIpc) is 3.48. The lowest BCUT2D eigenvalue weighted by molar-refractivity contribution is -0.114. The molecule has 0 radical (unpaired) electrons. The molecule has 36 heavy (non-hydrogen) atoms. The van der Waals surface area contributed by atoms with E-state index in [9.17, 15) is 4.79 Å². The summed E-state index contributed by atoms with van der Waals surface area (Å²) in [6.07, 6.45) is 1.76. The molecule has 2 aromatic heterocycles. The third kappa shape index (κ3) is 4.93. The number of rotatable bonds is 7. The number of ether oxygens (including phenoxy) is 1. The molecule has 0 bridgehead atoms. The third-order valence-electron chi connectivity index (χ3n) is 5.73. The van der Waals surface area contributed by atoms with E-state index in [0.717, 1.165) is 27.1 Å². The van der Waals surface area contributed by atoms with Crippen molar-refractivity contribution < 1.29 is 13.9 Å². The van der Waals surface area contributed by atoms with Crippen LogP contribution in [0.2, 0.25) is 0 Å². The van der Waals surface area contributed by atoms with Gasteiger partial charge in [0.2, 0.25) is 5.91 Å². The fraction of sp³-hybridized carbons (Fsp3) is 0.148. The van der Waals surface area contributed by atoms with E-state index in [1.807, 2.05) is 83.8 Å². The largest absolute Gasteiger partial charge is 0.495 e. The van der Waals surface area contributed by atoms with Gasteiger partial charge in [-0.15, -0.1) is 0 Å². The number of hydrogen-bond acceptors (Lipinski definition) is 6. The summed E-state index contributed by atoms with van der Waals surface area (Å²) >= 11 is 7.36. The number of methoxy groups -OCH3 is 1. The number of nitrogens with one attached hydrogen (secondary N) is 2. The number of furan rings is 1. The number of aromatic nitrogens is 1. The van der Waals surface area contributed by atoms with E-state index < -0.39 is 0 Å². The molecule has 182 valence electrons. The van der Waals surface area contributed by atoms with Crippen LogP contribution >= 0.6 is 24.0 Å². The normalized spacial score (nSPS) is 17.1. The maximum atomic E-state index is 11.8. The van der Waals surface area contributed by atoms with E-state index in [-0.39, 0.29) is 18.0 Å². The molecule has 2 atom stereocenters. The summed E-state index contributed by atoms with van der Waals surface area (Å²) in [5.41, 5.74) is 2.19. The lowest BCUT2D eigenvalue weighted by Gasteiger charge is -2.27. The number of pyridine rings is 1. The van der Waals surface area contributed by atoms with Gasteiger partial charge >= 0.3 is 0 Å². The Balaban J connectivity index is 1.55. The van der Waals surface area contributed by atoms with Crippen LogP contribution in [0.1, 0.15) is 30.5 Å². The van der Waals surface area contributed by atoms with Gasteiger partial charge in [-0.2, -0.15) is 0 Å². The Hall–Kier alpha value is -3.82. The second-order valence-electron chi connectivity index (χ2n) is 8.13. The molecule has 2 aromatic carbocycles. The summed E-state index contributed by atoms with van der Waals surface area (Å²) in [5, 5.41) is 7.57. The van der Waals surface area contributed by atoms with Crippen molar-refractivity contribution in [3.8, 4) is 5.75 Å². The third-order valence-corrected chi connectivity index (χ3v) is 6.97. The van der Waals surface area contributed by atoms with Crippen LogP contribution in [-0.4, -0.2) is 23.1 Å². The van der Waals surface area contributed by atoms with Gasteiger partial charge in [-0.1, -0.05) is 36.0 Å². The highest BCUT2D eigenvalue weighted by Crippen LogP contribution is 2.44. The zero-order valence-corrected chi connectivity index (χ0v) is 21.3. The van der Waals surface area contributed by atoms with Crippen LogP contribution in [-0.2, 0) is 4.79 Å². The molecule has 0 unspecified atom stereocenters. The van der Waals surface area contributed by atoms with Gasteiger partial charge in [0.05, 0.1) is 24.5 Å². The zero-order chi connectivity index (χ0) is 25.1. The van der Waals surface area contributed by atoms with Crippen LogP contribution in [0.3, 0.4) is 0 Å². The van der Waals surface area contributed by atoms with Gasteiger partial charge in [0, 0.05) is 23.7 Å². The van der Waals surface area contributed by atoms with Crippen molar-refractivity contribution >= 4 is 46.4 Å². The Morgan fingerprint density at radius 1 is 1.11 bits per heavy atom. The lowest BCUT2D eigenvalue weighted by atomic mass is 10.0. The minimum Gasteiger partial charge on any atom is -0.495 e. The molecule has 0 spiro atoms. The van der Waals surface area contributed by atoms with Crippen LogP contribution in [0.4, 0.5) is 11.4 Å². The van der Waals surface area contributed by atoms with Crippen molar-refractivity contribution in [2.45, 2.75) is 29.0 Å². The maximum absolute atomic E-state index is 11.8. The van der Waals surface area contributed by atoms with Crippen LogP contribution < -0.4 is 20.3 Å². The molecule has 5 rings (SSSR count). The lowest BCUT2D eigenvalue weighted by Crippen LogP contribution is -2.29. The van der Waals surface area contributed by atoms with Gasteiger partial charge in [-0.3, -0.25) is 9.78 Å². The molecular weight excluding hydrogens is 492 g/mol. The molecule has 3 heterocycles. The summed E-state index contributed by atoms with van der Waals surface area (Å²) in [5.74, 6) is 1.11. The first-order chi connectivity index (χ1) is 17.5. The Bertz CT molecular complexity index is 1380. The first-order valence-electron chi connectivity index (χ1n) is 11.3. The Morgan fingerprint density at radius 2 is 1.92 bits per heavy atom. The van der Waals surface area contributed by atoms with Crippen molar-refractivity contribution in [3.63, 3.8) is 0 Å². The summed E-state index contributed by atoms with van der Waals surface area (Å²) < 4.78 is 11.8. The van der Waals surface area contributed by atoms with Gasteiger partial charge in [0.15, 0.2) is 10.2 Å². The number of amides is 1. The fourth-order valence-corrected chi connectivity index (χ4v) is 5.35. The predicted octanol–water partition coefficient (Wildman–Crippen LogP) is 5.97. The van der Waals surface area contributed by atoms with Crippen molar-refractivity contribution in [2.24, 2.45) is 0 Å². The minimum absolute atomic E-state index is 0.191. The molecule has 9 heteroatoms. The second-order valence-corrected chi connectivity index (χ2v) is 9.60. The number of carbonyl (C=O) groups is 1. The number of benzene rings is 2. The highest BCUT2D eigenvalue weighted by Gasteiger charge is 2.42. The molecule has 1 saturated heterocycles. The molecule has 1 amide bonds. The Kier molecular flexibility index (Phi) is 6.92. The van der Waals surface area contributed by atoms with Crippen molar-refractivity contribution in [2.75, 3.05) is 17.3 Å². The monoisotopic (exact) mass is 516 g/mol. The van der Waals surface area contributed by atoms with Crippen LogP contribution in [0.15, 0.2) is 99.5 Å². The summed E-state index contributed by atoms with van der Waals surface area (Å²) in [6, 6.07) is 24.9. The Morgan fingerprint density at radius 3 is 2.64 bits per heavy atom. The number of thiocarbonyl (C=S) groups is 1. The highest BCUT2D eigenvalue weighted by atomic mass is 32.2.